The standard InChI is InChI=1S/C20H28N2O3/c1-13-4-5-16(10-14(13)2)19-17(20(24)25)6-7-18(23)22(19)12-15-8-9-21(3)11-15/h4-5,10,15,17,19H,6-9,11-12H2,1-3H3,(H,24,25)/t15-,17+,19-/m1/s1. The number of nitrogens with zero attached hydrogens (tertiary/aromatic N) is 2. The first-order valence-electron chi connectivity index (χ1n) is 9.14. The van der Waals surface area contributed by atoms with Crippen LogP contribution in [0.1, 0.15) is 42.0 Å². The molecule has 2 saturated heterocycles. The molecule has 2 aliphatic heterocycles. The molecular weight excluding hydrogens is 316 g/mol. The highest BCUT2D eigenvalue weighted by molar-refractivity contribution is 5.81. The highest BCUT2D eigenvalue weighted by Crippen LogP contribution is 2.38. The van der Waals surface area contributed by atoms with Gasteiger partial charge in [-0.2, -0.15) is 0 Å². The Hall–Kier alpha value is -1.88. The van der Waals surface area contributed by atoms with Crippen molar-refractivity contribution in [3.63, 3.8) is 0 Å². The summed E-state index contributed by atoms with van der Waals surface area (Å²) in [5.74, 6) is -0.811. The Morgan fingerprint density at radius 3 is 2.60 bits per heavy atom. The van der Waals surface area contributed by atoms with E-state index in [-0.39, 0.29) is 11.9 Å². The molecule has 3 atom stereocenters. The number of rotatable bonds is 4. The van der Waals surface area contributed by atoms with E-state index in [1.807, 2.05) is 30.9 Å². The van der Waals surface area contributed by atoms with Gasteiger partial charge in [0.05, 0.1) is 12.0 Å². The Morgan fingerprint density at radius 2 is 2.00 bits per heavy atom. The second-order valence-electron chi connectivity index (χ2n) is 7.73. The molecule has 0 saturated carbocycles. The van der Waals surface area contributed by atoms with E-state index in [1.165, 1.54) is 5.56 Å². The SMILES string of the molecule is Cc1ccc([C@@H]2[C@@H](C(=O)O)CCC(=O)N2C[C@@H]2CCN(C)C2)cc1C. The van der Waals surface area contributed by atoms with E-state index < -0.39 is 11.9 Å². The molecule has 3 rings (SSSR count). The molecule has 0 spiro atoms. The Kier molecular flexibility index (Phi) is 5.13. The summed E-state index contributed by atoms with van der Waals surface area (Å²) < 4.78 is 0. The van der Waals surface area contributed by atoms with Crippen molar-refractivity contribution in [1.82, 2.24) is 9.80 Å². The van der Waals surface area contributed by atoms with Crippen LogP contribution in [0.15, 0.2) is 18.2 Å². The molecule has 0 unspecified atom stereocenters. The monoisotopic (exact) mass is 344 g/mol. The van der Waals surface area contributed by atoms with Crippen LogP contribution in [0.5, 0.6) is 0 Å². The quantitative estimate of drug-likeness (QED) is 0.912. The minimum Gasteiger partial charge on any atom is -0.481 e. The van der Waals surface area contributed by atoms with Crippen LogP contribution in [0.3, 0.4) is 0 Å². The van der Waals surface area contributed by atoms with Crippen molar-refractivity contribution in [3.05, 3.63) is 34.9 Å². The minimum atomic E-state index is -0.802. The number of hydrogen-bond acceptors (Lipinski definition) is 3. The summed E-state index contributed by atoms with van der Waals surface area (Å²) >= 11 is 0. The van der Waals surface area contributed by atoms with Crippen molar-refractivity contribution < 1.29 is 14.7 Å². The van der Waals surface area contributed by atoms with Gasteiger partial charge < -0.3 is 14.9 Å². The van der Waals surface area contributed by atoms with E-state index >= 15 is 0 Å². The van der Waals surface area contributed by atoms with Crippen molar-refractivity contribution in [2.24, 2.45) is 11.8 Å². The van der Waals surface area contributed by atoms with Crippen LogP contribution >= 0.6 is 0 Å². The first kappa shape index (κ1) is 17.9. The van der Waals surface area contributed by atoms with Gasteiger partial charge in [0.1, 0.15) is 0 Å². The van der Waals surface area contributed by atoms with E-state index in [4.69, 9.17) is 0 Å². The zero-order valence-electron chi connectivity index (χ0n) is 15.4. The zero-order chi connectivity index (χ0) is 18.1. The molecule has 2 aliphatic rings. The molecule has 136 valence electrons. The number of amides is 1. The number of piperidine rings is 1. The molecule has 2 heterocycles. The van der Waals surface area contributed by atoms with E-state index in [9.17, 15) is 14.7 Å². The summed E-state index contributed by atoms with van der Waals surface area (Å²) in [6, 6.07) is 5.73. The van der Waals surface area contributed by atoms with E-state index in [0.717, 1.165) is 30.6 Å². The lowest BCUT2D eigenvalue weighted by Gasteiger charge is -2.41. The van der Waals surface area contributed by atoms with Gasteiger partial charge in [-0.05, 0) is 62.9 Å². The molecule has 5 heteroatoms. The number of carbonyl (C=O) groups is 2. The number of carboxylic acid groups (broad SMARTS) is 1. The average molecular weight is 344 g/mol. The van der Waals surface area contributed by atoms with Crippen molar-refractivity contribution in [3.8, 4) is 0 Å². The molecule has 0 aromatic heterocycles. The molecule has 0 radical (unpaired) electrons. The third kappa shape index (κ3) is 3.71. The highest BCUT2D eigenvalue weighted by atomic mass is 16.4. The van der Waals surface area contributed by atoms with Crippen LogP contribution in [0, 0.1) is 25.7 Å². The van der Waals surface area contributed by atoms with E-state index in [2.05, 4.69) is 18.0 Å². The number of benzene rings is 1. The van der Waals surface area contributed by atoms with Crippen LogP contribution in [-0.2, 0) is 9.59 Å². The van der Waals surface area contributed by atoms with Gasteiger partial charge in [0.15, 0.2) is 0 Å². The van der Waals surface area contributed by atoms with Gasteiger partial charge in [-0.3, -0.25) is 9.59 Å². The van der Waals surface area contributed by atoms with Gasteiger partial charge in [-0.1, -0.05) is 18.2 Å². The fourth-order valence-corrected chi connectivity index (χ4v) is 4.24. The largest absolute Gasteiger partial charge is 0.481 e. The summed E-state index contributed by atoms with van der Waals surface area (Å²) in [7, 11) is 2.10. The predicted molar refractivity (Wildman–Crippen MR) is 96.3 cm³/mol. The molecular formula is C20H28N2O3. The van der Waals surface area contributed by atoms with Crippen molar-refractivity contribution in [1.29, 1.82) is 0 Å². The van der Waals surface area contributed by atoms with Crippen LogP contribution in [0.4, 0.5) is 0 Å². The maximum absolute atomic E-state index is 12.7. The smallest absolute Gasteiger partial charge is 0.308 e. The second-order valence-corrected chi connectivity index (χ2v) is 7.73. The van der Waals surface area contributed by atoms with Gasteiger partial charge >= 0.3 is 5.97 Å². The summed E-state index contributed by atoms with van der Waals surface area (Å²) in [6.45, 7) is 6.76. The minimum absolute atomic E-state index is 0.0929. The number of carbonyl (C=O) groups excluding carboxylic acids is 1. The van der Waals surface area contributed by atoms with Gasteiger partial charge in [0, 0.05) is 19.5 Å². The van der Waals surface area contributed by atoms with Crippen LogP contribution in [-0.4, -0.2) is 53.5 Å². The molecule has 1 N–H and O–H groups in total. The topological polar surface area (TPSA) is 60.9 Å². The summed E-state index contributed by atoms with van der Waals surface area (Å²) in [6.07, 6.45) is 1.82. The van der Waals surface area contributed by atoms with E-state index in [0.29, 0.717) is 25.3 Å². The van der Waals surface area contributed by atoms with Crippen LogP contribution in [0.2, 0.25) is 0 Å². The van der Waals surface area contributed by atoms with Crippen LogP contribution < -0.4 is 0 Å². The molecule has 0 bridgehead atoms. The van der Waals surface area contributed by atoms with E-state index in [1.54, 1.807) is 0 Å². The molecule has 0 aliphatic carbocycles. The average Bonchev–Trinajstić information content (AvgIpc) is 2.97. The molecule has 5 nitrogen and oxygen atoms in total. The van der Waals surface area contributed by atoms with Crippen molar-refractivity contribution in [2.75, 3.05) is 26.7 Å². The summed E-state index contributed by atoms with van der Waals surface area (Å²) in [4.78, 5) is 28.7. The summed E-state index contributed by atoms with van der Waals surface area (Å²) in [5.41, 5.74) is 3.27. The third-order valence-corrected chi connectivity index (χ3v) is 5.84. The molecule has 1 amide bonds. The third-order valence-electron chi connectivity index (χ3n) is 5.84. The Labute approximate surface area is 149 Å². The Balaban J connectivity index is 1.93. The number of likely N-dealkylation sites (tertiary alicyclic amines) is 2. The van der Waals surface area contributed by atoms with Gasteiger partial charge in [-0.15, -0.1) is 0 Å². The lowest BCUT2D eigenvalue weighted by molar-refractivity contribution is -0.152. The first-order valence-corrected chi connectivity index (χ1v) is 9.14. The lowest BCUT2D eigenvalue weighted by atomic mass is 9.83. The predicted octanol–water partition coefficient (Wildman–Crippen LogP) is 2.62. The zero-order valence-corrected chi connectivity index (χ0v) is 15.4. The normalized spacial score (nSPS) is 27.7. The molecule has 1 aromatic rings. The number of carboxylic acids is 1. The maximum Gasteiger partial charge on any atom is 0.308 e. The van der Waals surface area contributed by atoms with Gasteiger partial charge in [0.25, 0.3) is 0 Å². The number of aliphatic carboxylic acids is 1. The lowest BCUT2D eigenvalue weighted by Crippen LogP contribution is -2.47. The molecule has 2 fully saturated rings. The van der Waals surface area contributed by atoms with Crippen LogP contribution in [0.25, 0.3) is 0 Å². The fraction of sp³-hybridized carbons (Fsp3) is 0.600. The van der Waals surface area contributed by atoms with Gasteiger partial charge in [-0.25, -0.2) is 0 Å². The van der Waals surface area contributed by atoms with Gasteiger partial charge in [0.2, 0.25) is 5.91 Å². The Bertz CT molecular complexity index is 673. The fourth-order valence-electron chi connectivity index (χ4n) is 4.24. The second kappa shape index (κ2) is 7.16. The molecule has 1 aromatic carbocycles. The summed E-state index contributed by atoms with van der Waals surface area (Å²) in [5, 5.41) is 9.75. The van der Waals surface area contributed by atoms with Crippen molar-refractivity contribution in [2.45, 2.75) is 39.2 Å². The number of hydrogen-bond donors (Lipinski definition) is 1. The maximum atomic E-state index is 12.7. The Morgan fingerprint density at radius 1 is 1.24 bits per heavy atom. The first-order chi connectivity index (χ1) is 11.9. The van der Waals surface area contributed by atoms with Crippen molar-refractivity contribution >= 4 is 11.9 Å². The highest BCUT2D eigenvalue weighted by Gasteiger charge is 2.41. The molecule has 25 heavy (non-hydrogen) atoms. The number of aryl methyl sites for hydroxylation is 2.